The van der Waals surface area contributed by atoms with E-state index in [1.165, 1.54) is 0 Å². The van der Waals surface area contributed by atoms with E-state index < -0.39 is 0 Å². The Labute approximate surface area is 216 Å². The van der Waals surface area contributed by atoms with E-state index in [1.54, 1.807) is 72.8 Å². The lowest BCUT2D eigenvalue weighted by Gasteiger charge is -2.13. The van der Waals surface area contributed by atoms with Crippen LogP contribution in [0.4, 0.5) is 4.79 Å². The smallest absolute Gasteiger partial charge is 0.293 e. The Balaban J connectivity index is 1.34. The molecule has 1 aliphatic rings. The van der Waals surface area contributed by atoms with Crippen LogP contribution in [0.25, 0.3) is 6.08 Å². The van der Waals surface area contributed by atoms with Gasteiger partial charge in [0.1, 0.15) is 24.7 Å². The highest BCUT2D eigenvalue weighted by atomic mass is 35.5. The van der Waals surface area contributed by atoms with E-state index >= 15 is 0 Å². The highest BCUT2D eigenvalue weighted by Gasteiger charge is 2.34. The van der Waals surface area contributed by atoms with E-state index in [0.717, 1.165) is 22.2 Å². The predicted octanol–water partition coefficient (Wildman–Crippen LogP) is 7.34. The molecule has 1 heterocycles. The van der Waals surface area contributed by atoms with Crippen LogP contribution in [-0.4, -0.2) is 29.2 Å². The summed E-state index contributed by atoms with van der Waals surface area (Å²) in [4.78, 5) is 26.5. The average molecular weight is 535 g/mol. The number of amides is 2. The van der Waals surface area contributed by atoms with Gasteiger partial charge in [-0.2, -0.15) is 0 Å². The largest absolute Gasteiger partial charge is 0.490 e. The molecule has 0 bridgehead atoms. The van der Waals surface area contributed by atoms with Gasteiger partial charge in [-0.1, -0.05) is 65.1 Å². The van der Waals surface area contributed by atoms with Crippen LogP contribution in [0.2, 0.25) is 15.1 Å². The summed E-state index contributed by atoms with van der Waals surface area (Å²) in [7, 11) is 0. The van der Waals surface area contributed by atoms with Crippen LogP contribution in [0.15, 0.2) is 71.6 Å². The maximum Gasteiger partial charge on any atom is 0.293 e. The number of ether oxygens (including phenoxy) is 2. The van der Waals surface area contributed by atoms with Crippen molar-refractivity contribution in [2.75, 3.05) is 13.2 Å². The molecule has 1 fully saturated rings. The van der Waals surface area contributed by atoms with Crippen molar-refractivity contribution in [1.29, 1.82) is 0 Å². The maximum absolute atomic E-state index is 12.7. The molecule has 3 aromatic rings. The molecule has 0 spiro atoms. The van der Waals surface area contributed by atoms with E-state index in [9.17, 15) is 9.59 Å². The van der Waals surface area contributed by atoms with Crippen molar-refractivity contribution < 1.29 is 19.1 Å². The Morgan fingerprint density at radius 3 is 2.21 bits per heavy atom. The summed E-state index contributed by atoms with van der Waals surface area (Å²) in [6.45, 7) is 0.508. The monoisotopic (exact) mass is 533 g/mol. The van der Waals surface area contributed by atoms with Crippen molar-refractivity contribution >= 4 is 63.8 Å². The van der Waals surface area contributed by atoms with E-state index in [1.807, 2.05) is 0 Å². The number of carbonyl (C=O) groups is 2. The summed E-state index contributed by atoms with van der Waals surface area (Å²) in [5.74, 6) is 0.773. The van der Waals surface area contributed by atoms with Gasteiger partial charge in [-0.15, -0.1) is 0 Å². The number of thioether (sulfide) groups is 1. The third-order valence-corrected chi connectivity index (χ3v) is 6.83. The zero-order valence-corrected chi connectivity index (χ0v) is 20.8. The van der Waals surface area contributed by atoms with Gasteiger partial charge in [-0.05, 0) is 59.8 Å². The van der Waals surface area contributed by atoms with E-state index in [2.05, 4.69) is 0 Å². The molecule has 4 rings (SSSR count). The molecule has 0 N–H and O–H groups in total. The second-order valence-electron chi connectivity index (χ2n) is 7.17. The Hall–Kier alpha value is -2.64. The lowest BCUT2D eigenvalue weighted by Crippen LogP contribution is -2.32. The van der Waals surface area contributed by atoms with Crippen molar-refractivity contribution in [3.05, 3.63) is 97.8 Å². The number of hydrogen-bond acceptors (Lipinski definition) is 5. The number of imide groups is 1. The van der Waals surface area contributed by atoms with Gasteiger partial charge < -0.3 is 9.47 Å². The molecule has 0 atom stereocenters. The van der Waals surface area contributed by atoms with Gasteiger partial charge in [0.25, 0.3) is 11.1 Å². The standard InChI is InChI=1S/C25H18Cl3NO4S/c26-19-5-3-6-20(27)18(19)15-33-17-10-8-16(9-11-17)14-23-24(30)29(25(31)34-23)12-13-32-22-7-2-1-4-21(22)28/h1-11,14H,12-13,15H2/b23-14-. The minimum absolute atomic E-state index is 0.130. The number of hydrogen-bond donors (Lipinski definition) is 0. The molecule has 34 heavy (non-hydrogen) atoms. The second-order valence-corrected chi connectivity index (χ2v) is 9.38. The Kier molecular flexibility index (Phi) is 8.06. The Morgan fingerprint density at radius 1 is 0.824 bits per heavy atom. The lowest BCUT2D eigenvalue weighted by atomic mass is 10.2. The number of halogens is 3. The molecule has 0 unspecified atom stereocenters. The predicted molar refractivity (Wildman–Crippen MR) is 137 cm³/mol. The van der Waals surface area contributed by atoms with E-state index in [0.29, 0.717) is 37.0 Å². The van der Waals surface area contributed by atoms with Gasteiger partial charge >= 0.3 is 0 Å². The molecule has 3 aromatic carbocycles. The SMILES string of the molecule is O=C1S/C(=C\c2ccc(OCc3c(Cl)cccc3Cl)cc2)C(=O)N1CCOc1ccccc1Cl. The van der Waals surface area contributed by atoms with Gasteiger partial charge in [0.15, 0.2) is 0 Å². The van der Waals surface area contributed by atoms with Crippen LogP contribution < -0.4 is 9.47 Å². The van der Waals surface area contributed by atoms with Crippen LogP contribution in [0, 0.1) is 0 Å². The first-order valence-electron chi connectivity index (χ1n) is 10.2. The first kappa shape index (κ1) is 24.5. The quantitative estimate of drug-likeness (QED) is 0.283. The number of benzene rings is 3. The Bertz CT molecular complexity index is 1230. The average Bonchev–Trinajstić information content (AvgIpc) is 3.08. The number of nitrogens with zero attached hydrogens (tertiary/aromatic N) is 1. The molecule has 0 aliphatic carbocycles. The highest BCUT2D eigenvalue weighted by molar-refractivity contribution is 8.18. The highest BCUT2D eigenvalue weighted by Crippen LogP contribution is 2.33. The molecule has 5 nitrogen and oxygen atoms in total. The number of para-hydroxylation sites is 1. The summed E-state index contributed by atoms with van der Waals surface area (Å²) in [6.07, 6.45) is 1.68. The number of rotatable bonds is 8. The van der Waals surface area contributed by atoms with Gasteiger partial charge in [0.05, 0.1) is 16.5 Å². The first-order chi connectivity index (χ1) is 16.4. The zero-order chi connectivity index (χ0) is 24.1. The maximum atomic E-state index is 12.7. The molecule has 174 valence electrons. The summed E-state index contributed by atoms with van der Waals surface area (Å²) in [5.41, 5.74) is 1.48. The summed E-state index contributed by atoms with van der Waals surface area (Å²) < 4.78 is 11.4. The van der Waals surface area contributed by atoms with Crippen molar-refractivity contribution in [3.63, 3.8) is 0 Å². The minimum atomic E-state index is -0.355. The van der Waals surface area contributed by atoms with Gasteiger partial charge in [0, 0.05) is 15.6 Å². The minimum Gasteiger partial charge on any atom is -0.490 e. The second kappa shape index (κ2) is 11.2. The molecule has 9 heteroatoms. The fraction of sp³-hybridized carbons (Fsp3) is 0.120. The van der Waals surface area contributed by atoms with Crippen LogP contribution in [0.1, 0.15) is 11.1 Å². The first-order valence-corrected chi connectivity index (χ1v) is 12.2. The van der Waals surface area contributed by atoms with Crippen molar-refractivity contribution in [3.8, 4) is 11.5 Å². The van der Waals surface area contributed by atoms with Gasteiger partial charge in [-0.25, -0.2) is 0 Å². The topological polar surface area (TPSA) is 55.8 Å². The van der Waals surface area contributed by atoms with Crippen LogP contribution in [0.3, 0.4) is 0 Å². The number of carbonyl (C=O) groups excluding carboxylic acids is 2. The normalized spacial score (nSPS) is 14.7. The molecule has 0 radical (unpaired) electrons. The molecule has 2 amide bonds. The lowest BCUT2D eigenvalue weighted by molar-refractivity contribution is -0.123. The summed E-state index contributed by atoms with van der Waals surface area (Å²) in [5, 5.41) is 1.21. The van der Waals surface area contributed by atoms with Crippen molar-refractivity contribution in [2.45, 2.75) is 6.61 Å². The van der Waals surface area contributed by atoms with Crippen LogP contribution in [0.5, 0.6) is 11.5 Å². The third-order valence-electron chi connectivity index (χ3n) is 4.91. The van der Waals surface area contributed by atoms with Crippen molar-refractivity contribution in [2.24, 2.45) is 0 Å². The van der Waals surface area contributed by atoms with Crippen LogP contribution >= 0.6 is 46.6 Å². The Morgan fingerprint density at radius 2 is 1.50 bits per heavy atom. The molecule has 1 aliphatic heterocycles. The molecular weight excluding hydrogens is 517 g/mol. The molecule has 0 saturated carbocycles. The van der Waals surface area contributed by atoms with Crippen LogP contribution in [-0.2, 0) is 11.4 Å². The fourth-order valence-corrected chi connectivity index (χ4v) is 4.70. The summed E-state index contributed by atoms with van der Waals surface area (Å²) >= 11 is 19.3. The fourth-order valence-electron chi connectivity index (χ4n) is 3.14. The van der Waals surface area contributed by atoms with Gasteiger partial charge in [0.2, 0.25) is 0 Å². The molecule has 1 saturated heterocycles. The van der Waals surface area contributed by atoms with E-state index in [4.69, 9.17) is 44.3 Å². The molecule has 0 aromatic heterocycles. The molecular formula is C25H18Cl3NO4S. The van der Waals surface area contributed by atoms with E-state index in [-0.39, 0.29) is 30.9 Å². The summed E-state index contributed by atoms with van der Waals surface area (Å²) in [6, 6.07) is 19.5. The van der Waals surface area contributed by atoms with Gasteiger partial charge in [-0.3, -0.25) is 14.5 Å². The zero-order valence-electron chi connectivity index (χ0n) is 17.7. The third kappa shape index (κ3) is 5.88. The van der Waals surface area contributed by atoms with Crippen molar-refractivity contribution in [1.82, 2.24) is 4.90 Å².